The molecule has 0 N–H and O–H groups in total. The molecule has 0 aliphatic carbocycles. The van der Waals surface area contributed by atoms with Gasteiger partial charge in [0.25, 0.3) is 0 Å². The zero-order valence-corrected chi connectivity index (χ0v) is 27.5. The average molecular weight is 655 g/mol. The molecule has 0 amide bonds. The summed E-state index contributed by atoms with van der Waals surface area (Å²) in [6.07, 6.45) is 1.80. The summed E-state index contributed by atoms with van der Waals surface area (Å²) in [6.45, 7) is 0. The summed E-state index contributed by atoms with van der Waals surface area (Å²) in [7, 11) is 0. The van der Waals surface area contributed by atoms with Gasteiger partial charge in [0.1, 0.15) is 0 Å². The van der Waals surface area contributed by atoms with Gasteiger partial charge in [-0.25, -0.2) is 15.0 Å². The maximum Gasteiger partial charge on any atom is 0.163 e. The van der Waals surface area contributed by atoms with E-state index in [4.69, 9.17) is 9.97 Å². The molecular formula is C45H26N4S. The lowest BCUT2D eigenvalue weighted by atomic mass is 9.99. The van der Waals surface area contributed by atoms with Crippen LogP contribution in [0.25, 0.3) is 103 Å². The normalized spacial score (nSPS) is 12.0. The lowest BCUT2D eigenvalue weighted by Gasteiger charge is -2.13. The molecule has 7 aromatic carbocycles. The van der Waals surface area contributed by atoms with Crippen LogP contribution in [-0.2, 0) is 0 Å². The number of aromatic nitrogens is 4. The molecule has 0 unspecified atom stereocenters. The summed E-state index contributed by atoms with van der Waals surface area (Å²) in [4.78, 5) is 14.9. The van der Waals surface area contributed by atoms with E-state index in [2.05, 4.69) is 155 Å². The summed E-state index contributed by atoms with van der Waals surface area (Å²) in [5, 5.41) is 11.0. The van der Waals surface area contributed by atoms with E-state index in [1.54, 1.807) is 6.20 Å². The van der Waals surface area contributed by atoms with Gasteiger partial charge in [0, 0.05) is 70.1 Å². The quantitative estimate of drug-likeness (QED) is 0.190. The minimum absolute atomic E-state index is 0.657. The van der Waals surface area contributed by atoms with Gasteiger partial charge in [-0.2, -0.15) is 0 Å². The fourth-order valence-electron chi connectivity index (χ4n) is 7.88. The van der Waals surface area contributed by atoms with Crippen molar-refractivity contribution in [1.29, 1.82) is 0 Å². The van der Waals surface area contributed by atoms with Crippen LogP contribution in [0.5, 0.6) is 0 Å². The molecule has 0 saturated carbocycles. The number of rotatable bonds is 3. The van der Waals surface area contributed by atoms with Gasteiger partial charge in [-0.3, -0.25) is 0 Å². The average Bonchev–Trinajstić information content (AvgIpc) is 3.74. The first-order valence-corrected chi connectivity index (χ1v) is 17.6. The SMILES string of the molecule is c1ccc2c(-c3nc(-c4ccc(-n5c6ccccc6c6c7c8ccccc8sc7c7ccccc7c65)cc4)nc4ncccc34)cccc2c1. The van der Waals surface area contributed by atoms with Crippen molar-refractivity contribution in [2.45, 2.75) is 0 Å². The third-order valence-electron chi connectivity index (χ3n) is 10.0. The van der Waals surface area contributed by atoms with E-state index in [1.807, 2.05) is 17.4 Å². The van der Waals surface area contributed by atoms with Gasteiger partial charge in [-0.1, -0.05) is 103 Å². The lowest BCUT2D eigenvalue weighted by molar-refractivity contribution is 1.17. The number of nitrogens with zero attached hydrogens (tertiary/aromatic N) is 4. The molecule has 4 nitrogen and oxygen atoms in total. The van der Waals surface area contributed by atoms with Crippen LogP contribution in [0.3, 0.4) is 0 Å². The predicted octanol–water partition coefficient (Wildman–Crippen LogP) is 12.1. The molecule has 0 aliphatic rings. The molecule has 0 aliphatic heterocycles. The van der Waals surface area contributed by atoms with E-state index in [1.165, 1.54) is 58.1 Å². The van der Waals surface area contributed by atoms with E-state index in [9.17, 15) is 0 Å². The Morgan fingerprint density at radius 2 is 1.20 bits per heavy atom. The van der Waals surface area contributed by atoms with Gasteiger partial charge in [0.2, 0.25) is 0 Å². The van der Waals surface area contributed by atoms with Crippen LogP contribution in [0.4, 0.5) is 0 Å². The highest BCUT2D eigenvalue weighted by molar-refractivity contribution is 7.27. The van der Waals surface area contributed by atoms with Crippen LogP contribution in [0.2, 0.25) is 0 Å². The molecule has 0 spiro atoms. The van der Waals surface area contributed by atoms with Crippen LogP contribution in [-0.4, -0.2) is 19.5 Å². The Balaban J connectivity index is 1.15. The van der Waals surface area contributed by atoms with Crippen molar-refractivity contribution >= 4 is 85.9 Å². The zero-order chi connectivity index (χ0) is 32.8. The minimum atomic E-state index is 0.657. The zero-order valence-electron chi connectivity index (χ0n) is 26.7. The van der Waals surface area contributed by atoms with Gasteiger partial charge in [0.05, 0.1) is 16.7 Å². The van der Waals surface area contributed by atoms with Crippen molar-refractivity contribution in [3.63, 3.8) is 0 Å². The number of fused-ring (bicyclic) bond motifs is 12. The second-order valence-electron chi connectivity index (χ2n) is 12.8. The monoisotopic (exact) mass is 654 g/mol. The molecule has 0 saturated heterocycles. The Hall–Kier alpha value is -6.43. The van der Waals surface area contributed by atoms with Gasteiger partial charge < -0.3 is 4.57 Å². The number of hydrogen-bond acceptors (Lipinski definition) is 4. The van der Waals surface area contributed by atoms with E-state index in [-0.39, 0.29) is 0 Å². The number of para-hydroxylation sites is 1. The Labute approximate surface area is 290 Å². The van der Waals surface area contributed by atoms with Crippen molar-refractivity contribution in [3.05, 3.63) is 158 Å². The van der Waals surface area contributed by atoms with Crippen LogP contribution < -0.4 is 0 Å². The van der Waals surface area contributed by atoms with E-state index >= 15 is 0 Å². The molecule has 11 aromatic rings. The molecule has 50 heavy (non-hydrogen) atoms. The highest BCUT2D eigenvalue weighted by Gasteiger charge is 2.22. The van der Waals surface area contributed by atoms with Crippen LogP contribution >= 0.6 is 11.3 Å². The maximum absolute atomic E-state index is 5.23. The first-order valence-electron chi connectivity index (χ1n) is 16.8. The van der Waals surface area contributed by atoms with Gasteiger partial charge in [-0.15, -0.1) is 11.3 Å². The summed E-state index contributed by atoms with van der Waals surface area (Å²) < 4.78 is 5.10. The number of thiophene rings is 1. The molecule has 232 valence electrons. The highest BCUT2D eigenvalue weighted by Crippen LogP contribution is 2.48. The molecule has 4 aromatic heterocycles. The third-order valence-corrected chi connectivity index (χ3v) is 11.3. The number of hydrogen-bond donors (Lipinski definition) is 0. The predicted molar refractivity (Wildman–Crippen MR) is 210 cm³/mol. The van der Waals surface area contributed by atoms with Crippen molar-refractivity contribution < 1.29 is 0 Å². The first-order chi connectivity index (χ1) is 24.8. The Morgan fingerprint density at radius 1 is 0.500 bits per heavy atom. The van der Waals surface area contributed by atoms with E-state index in [0.29, 0.717) is 11.5 Å². The van der Waals surface area contributed by atoms with Crippen molar-refractivity contribution in [3.8, 4) is 28.3 Å². The third kappa shape index (κ3) is 3.89. The Morgan fingerprint density at radius 3 is 2.08 bits per heavy atom. The van der Waals surface area contributed by atoms with Crippen LogP contribution in [0.1, 0.15) is 0 Å². The van der Waals surface area contributed by atoms with Crippen molar-refractivity contribution in [1.82, 2.24) is 19.5 Å². The Kier molecular flexibility index (Phi) is 5.80. The van der Waals surface area contributed by atoms with E-state index < -0.39 is 0 Å². The van der Waals surface area contributed by atoms with E-state index in [0.717, 1.165) is 33.3 Å². The smallest absolute Gasteiger partial charge is 0.163 e. The summed E-state index contributed by atoms with van der Waals surface area (Å²) in [5.41, 5.74) is 7.11. The molecule has 11 rings (SSSR count). The minimum Gasteiger partial charge on any atom is -0.309 e. The topological polar surface area (TPSA) is 43.6 Å². The second kappa shape index (κ2) is 10.5. The van der Waals surface area contributed by atoms with Gasteiger partial charge in [-0.05, 0) is 59.3 Å². The molecule has 0 atom stereocenters. The maximum atomic E-state index is 5.23. The molecule has 0 fully saturated rings. The standard InChI is InChI=1S/C45H26N4S/c1-2-13-30-27(11-1)12-9-18-31(30)41-36-19-10-26-46-45(36)48-44(47-41)28-22-24-29(25-23-28)49-37-20-7-5-16-34(37)39-40-35-17-6-8-21-38(35)50-43(40)33-15-4-3-14-32(33)42(39)49/h1-26H. The largest absolute Gasteiger partial charge is 0.309 e. The van der Waals surface area contributed by atoms with Gasteiger partial charge in [0.15, 0.2) is 11.5 Å². The van der Waals surface area contributed by atoms with Crippen molar-refractivity contribution in [2.75, 3.05) is 0 Å². The molecular weight excluding hydrogens is 629 g/mol. The lowest BCUT2D eigenvalue weighted by Crippen LogP contribution is -1.98. The van der Waals surface area contributed by atoms with Crippen LogP contribution in [0.15, 0.2) is 158 Å². The molecule has 4 heterocycles. The highest BCUT2D eigenvalue weighted by atomic mass is 32.1. The second-order valence-corrected chi connectivity index (χ2v) is 13.8. The first kappa shape index (κ1) is 27.5. The van der Waals surface area contributed by atoms with Crippen LogP contribution in [0, 0.1) is 0 Å². The fourth-order valence-corrected chi connectivity index (χ4v) is 9.12. The molecule has 5 heteroatoms. The molecule has 0 radical (unpaired) electrons. The van der Waals surface area contributed by atoms with Crippen molar-refractivity contribution in [2.24, 2.45) is 0 Å². The summed E-state index contributed by atoms with van der Waals surface area (Å²) in [5.74, 6) is 0.657. The number of benzene rings is 7. The summed E-state index contributed by atoms with van der Waals surface area (Å²) in [6, 6.07) is 54.0. The Bertz CT molecular complexity index is 3150. The van der Waals surface area contributed by atoms with Gasteiger partial charge >= 0.3 is 0 Å². The summed E-state index contributed by atoms with van der Waals surface area (Å²) >= 11 is 1.89. The number of pyridine rings is 1. The molecule has 0 bridgehead atoms. The fraction of sp³-hybridized carbons (Fsp3) is 0.